The number of hydrogen-bond acceptors (Lipinski definition) is 3. The van der Waals surface area contributed by atoms with Crippen molar-refractivity contribution in [3.05, 3.63) is 72.0 Å². The lowest BCUT2D eigenvalue weighted by molar-refractivity contribution is 0.102. The summed E-state index contributed by atoms with van der Waals surface area (Å²) in [5.41, 5.74) is -0.194. The molecular formula is C17H11ClFNO3S. The number of benzene rings is 3. The Hall–Kier alpha value is -2.44. The second-order valence-electron chi connectivity index (χ2n) is 5.04. The minimum atomic E-state index is -4.13. The molecule has 0 aliphatic carbocycles. The maximum Gasteiger partial charge on any atom is 0.263 e. The number of hydrogen-bond donors (Lipinski definition) is 1. The van der Waals surface area contributed by atoms with E-state index in [0.717, 1.165) is 6.07 Å². The molecule has 0 heterocycles. The highest BCUT2D eigenvalue weighted by Gasteiger charge is 2.22. The van der Waals surface area contributed by atoms with E-state index in [-0.39, 0.29) is 16.1 Å². The molecule has 0 aliphatic heterocycles. The van der Waals surface area contributed by atoms with Crippen LogP contribution in [-0.4, -0.2) is 14.3 Å². The molecule has 7 heteroatoms. The molecule has 1 N–H and O–H groups in total. The molecule has 122 valence electrons. The van der Waals surface area contributed by atoms with Gasteiger partial charge < -0.3 is 5.32 Å². The van der Waals surface area contributed by atoms with Crippen molar-refractivity contribution in [1.29, 1.82) is 0 Å². The summed E-state index contributed by atoms with van der Waals surface area (Å²) in [5, 5.41) is 3.45. The largest absolute Gasteiger partial charge is 0.321 e. The van der Waals surface area contributed by atoms with Gasteiger partial charge in [-0.3, -0.25) is 4.79 Å². The van der Waals surface area contributed by atoms with Crippen LogP contribution in [0.2, 0.25) is 0 Å². The fourth-order valence-electron chi connectivity index (χ4n) is 2.44. The van der Waals surface area contributed by atoms with Gasteiger partial charge in [0.25, 0.3) is 15.0 Å². The number of carbonyl (C=O) groups excluding carboxylic acids is 1. The van der Waals surface area contributed by atoms with Crippen LogP contribution in [0.4, 0.5) is 10.1 Å². The normalized spacial score (nSPS) is 11.4. The summed E-state index contributed by atoms with van der Waals surface area (Å²) in [6.45, 7) is 0. The number of rotatable bonds is 3. The SMILES string of the molecule is O=C(Nc1ccc2ccccc2c1S(=O)(=O)Cl)c1ccccc1F. The van der Waals surface area contributed by atoms with Crippen LogP contribution in [0, 0.1) is 5.82 Å². The first-order valence-corrected chi connectivity index (χ1v) is 9.21. The lowest BCUT2D eigenvalue weighted by Gasteiger charge is -2.12. The number of fused-ring (bicyclic) bond motifs is 1. The first kappa shape index (κ1) is 16.4. The average Bonchev–Trinajstić information content (AvgIpc) is 2.53. The molecule has 0 unspecified atom stereocenters. The molecule has 0 saturated heterocycles. The highest BCUT2D eigenvalue weighted by Crippen LogP contribution is 2.33. The number of amides is 1. The molecular weight excluding hydrogens is 353 g/mol. The van der Waals surface area contributed by atoms with E-state index in [4.69, 9.17) is 10.7 Å². The van der Waals surface area contributed by atoms with E-state index >= 15 is 0 Å². The second-order valence-corrected chi connectivity index (χ2v) is 7.54. The van der Waals surface area contributed by atoms with Crippen molar-refractivity contribution >= 4 is 42.1 Å². The van der Waals surface area contributed by atoms with E-state index in [1.165, 1.54) is 24.3 Å². The van der Waals surface area contributed by atoms with Crippen molar-refractivity contribution in [3.8, 4) is 0 Å². The first-order chi connectivity index (χ1) is 11.4. The van der Waals surface area contributed by atoms with Crippen molar-refractivity contribution in [1.82, 2.24) is 0 Å². The average molecular weight is 364 g/mol. The zero-order chi connectivity index (χ0) is 17.3. The van der Waals surface area contributed by atoms with E-state index in [1.807, 2.05) is 0 Å². The van der Waals surface area contributed by atoms with Crippen LogP contribution in [0.1, 0.15) is 10.4 Å². The molecule has 1 amide bonds. The molecule has 0 atom stereocenters. The van der Waals surface area contributed by atoms with Gasteiger partial charge in [-0.2, -0.15) is 0 Å². The van der Waals surface area contributed by atoms with Crippen LogP contribution in [0.3, 0.4) is 0 Å². The van der Waals surface area contributed by atoms with Crippen LogP contribution in [0.15, 0.2) is 65.6 Å². The standard InChI is InChI=1S/C17H11ClFNO3S/c18-24(22,23)16-12-6-2-1-5-11(12)9-10-15(16)20-17(21)13-7-3-4-8-14(13)19/h1-10H,(H,20,21). The number of carbonyl (C=O) groups is 1. The van der Waals surface area contributed by atoms with E-state index in [0.29, 0.717) is 10.8 Å². The van der Waals surface area contributed by atoms with Gasteiger partial charge in [0.1, 0.15) is 10.7 Å². The van der Waals surface area contributed by atoms with E-state index in [1.54, 1.807) is 30.3 Å². The van der Waals surface area contributed by atoms with Gasteiger partial charge in [-0.15, -0.1) is 0 Å². The van der Waals surface area contributed by atoms with Crippen molar-refractivity contribution in [2.75, 3.05) is 5.32 Å². The summed E-state index contributed by atoms with van der Waals surface area (Å²) in [7, 11) is 1.42. The van der Waals surface area contributed by atoms with Crippen molar-refractivity contribution < 1.29 is 17.6 Å². The summed E-state index contributed by atoms with van der Waals surface area (Å²) in [6.07, 6.45) is 0. The molecule has 3 rings (SSSR count). The summed E-state index contributed by atoms with van der Waals surface area (Å²) < 4.78 is 37.7. The van der Waals surface area contributed by atoms with Crippen LogP contribution in [0.5, 0.6) is 0 Å². The summed E-state index contributed by atoms with van der Waals surface area (Å²) in [5.74, 6) is -1.46. The summed E-state index contributed by atoms with van der Waals surface area (Å²) in [6, 6.07) is 15.2. The van der Waals surface area contributed by atoms with Gasteiger partial charge in [0, 0.05) is 16.1 Å². The van der Waals surface area contributed by atoms with Crippen molar-refractivity contribution in [2.24, 2.45) is 0 Å². The molecule has 0 saturated carbocycles. The number of nitrogens with one attached hydrogen (secondary N) is 1. The third kappa shape index (κ3) is 3.11. The maximum atomic E-state index is 13.7. The van der Waals surface area contributed by atoms with Crippen LogP contribution in [-0.2, 0) is 9.05 Å². The van der Waals surface area contributed by atoms with Crippen molar-refractivity contribution in [2.45, 2.75) is 4.90 Å². The Bertz CT molecular complexity index is 1050. The van der Waals surface area contributed by atoms with Gasteiger partial charge in [0.2, 0.25) is 0 Å². The fraction of sp³-hybridized carbons (Fsp3) is 0. The Morgan fingerprint density at radius 3 is 2.33 bits per heavy atom. The lowest BCUT2D eigenvalue weighted by Crippen LogP contribution is -2.15. The van der Waals surface area contributed by atoms with Crippen LogP contribution in [0.25, 0.3) is 10.8 Å². The monoisotopic (exact) mass is 363 g/mol. The number of anilines is 1. The molecule has 0 fully saturated rings. The Balaban J connectivity index is 2.13. The third-order valence-electron chi connectivity index (χ3n) is 3.49. The molecule has 0 radical (unpaired) electrons. The smallest absolute Gasteiger partial charge is 0.263 e. The molecule has 0 aromatic heterocycles. The number of halogens is 2. The van der Waals surface area contributed by atoms with Crippen molar-refractivity contribution in [3.63, 3.8) is 0 Å². The Kier molecular flexibility index (Phi) is 4.26. The molecule has 24 heavy (non-hydrogen) atoms. The third-order valence-corrected chi connectivity index (χ3v) is 4.88. The van der Waals surface area contributed by atoms with Gasteiger partial charge >= 0.3 is 0 Å². The van der Waals surface area contributed by atoms with E-state index in [9.17, 15) is 17.6 Å². The fourth-order valence-corrected chi connectivity index (χ4v) is 3.77. The molecule has 0 bridgehead atoms. The minimum absolute atomic E-state index is 0.00282. The summed E-state index contributed by atoms with van der Waals surface area (Å²) >= 11 is 0. The minimum Gasteiger partial charge on any atom is -0.321 e. The first-order valence-electron chi connectivity index (χ1n) is 6.90. The summed E-state index contributed by atoms with van der Waals surface area (Å²) in [4.78, 5) is 12.0. The van der Waals surface area contributed by atoms with E-state index < -0.39 is 20.8 Å². The van der Waals surface area contributed by atoms with Crippen LogP contribution >= 0.6 is 10.7 Å². The molecule has 0 spiro atoms. The lowest BCUT2D eigenvalue weighted by atomic mass is 10.1. The topological polar surface area (TPSA) is 63.2 Å². The van der Waals surface area contributed by atoms with Gasteiger partial charge in [-0.25, -0.2) is 12.8 Å². The quantitative estimate of drug-likeness (QED) is 0.711. The van der Waals surface area contributed by atoms with Gasteiger partial charge in [0.15, 0.2) is 0 Å². The predicted molar refractivity (Wildman–Crippen MR) is 91.3 cm³/mol. The highest BCUT2D eigenvalue weighted by atomic mass is 35.7. The predicted octanol–water partition coefficient (Wildman–Crippen LogP) is 4.16. The van der Waals surface area contributed by atoms with Gasteiger partial charge in [0.05, 0.1) is 11.3 Å². The Morgan fingerprint density at radius 2 is 1.62 bits per heavy atom. The highest BCUT2D eigenvalue weighted by molar-refractivity contribution is 8.14. The molecule has 4 nitrogen and oxygen atoms in total. The molecule has 0 aliphatic rings. The van der Waals surface area contributed by atoms with Crippen LogP contribution < -0.4 is 5.32 Å². The Labute approximate surface area is 142 Å². The second kappa shape index (κ2) is 6.22. The Morgan fingerprint density at radius 1 is 0.958 bits per heavy atom. The molecule has 3 aromatic carbocycles. The zero-order valence-electron chi connectivity index (χ0n) is 12.2. The van der Waals surface area contributed by atoms with E-state index in [2.05, 4.69) is 5.32 Å². The zero-order valence-corrected chi connectivity index (χ0v) is 13.7. The molecule has 3 aromatic rings. The van der Waals surface area contributed by atoms with Gasteiger partial charge in [-0.05, 0) is 23.6 Å². The van der Waals surface area contributed by atoms with Gasteiger partial charge in [-0.1, -0.05) is 42.5 Å². The maximum absolute atomic E-state index is 13.7.